The number of hydrogen-bond donors (Lipinski definition) is 7. The Bertz CT molecular complexity index is 1470. The number of amides is 1. The van der Waals surface area contributed by atoms with Gasteiger partial charge in [-0.25, -0.2) is 0 Å². The number of aromatic amines is 2. The van der Waals surface area contributed by atoms with Crippen molar-refractivity contribution in [3.8, 4) is 0 Å². The van der Waals surface area contributed by atoms with Crippen LogP contribution in [0.4, 0.5) is 0 Å². The molecule has 1 amide bonds. The van der Waals surface area contributed by atoms with Crippen LogP contribution < -0.4 is 10.6 Å². The number of aliphatic hydroxyl groups is 1. The van der Waals surface area contributed by atoms with E-state index in [9.17, 15) is 29.7 Å². The third-order valence-corrected chi connectivity index (χ3v) is 7.29. The predicted molar refractivity (Wildman–Crippen MR) is 147 cm³/mol. The third kappa shape index (κ3) is 6.23. The van der Waals surface area contributed by atoms with E-state index in [1.54, 1.807) is 6.08 Å². The third-order valence-electron chi connectivity index (χ3n) is 7.29. The number of carboxylic acid groups (broad SMARTS) is 2. The average Bonchev–Trinajstić information content (AvgIpc) is 3.52. The summed E-state index contributed by atoms with van der Waals surface area (Å²) in [4.78, 5) is 41.5. The number of carboxylic acids is 2. The van der Waals surface area contributed by atoms with Gasteiger partial charge in [-0.2, -0.15) is 0 Å². The summed E-state index contributed by atoms with van der Waals surface area (Å²) in [6.07, 6.45) is 7.24. The van der Waals surface area contributed by atoms with Crippen molar-refractivity contribution >= 4 is 30.0 Å². The first-order valence-corrected chi connectivity index (χ1v) is 12.8. The zero-order valence-electron chi connectivity index (χ0n) is 22.5. The van der Waals surface area contributed by atoms with Crippen molar-refractivity contribution in [2.45, 2.75) is 66.0 Å². The topological polar surface area (TPSA) is 168 Å². The molecule has 10 nitrogen and oxygen atoms in total. The summed E-state index contributed by atoms with van der Waals surface area (Å²) < 4.78 is 0. The summed E-state index contributed by atoms with van der Waals surface area (Å²) in [5, 5.41) is 34.4. The van der Waals surface area contributed by atoms with Gasteiger partial charge in [-0.1, -0.05) is 0 Å². The molecular formula is C29H34N4O6. The molecular weight excluding hydrogens is 500 g/mol. The molecule has 0 bridgehead atoms. The van der Waals surface area contributed by atoms with Gasteiger partial charge in [0.25, 0.3) is 0 Å². The second kappa shape index (κ2) is 11.2. The Kier molecular flexibility index (Phi) is 7.96. The predicted octanol–water partition coefficient (Wildman–Crippen LogP) is 3.21. The minimum atomic E-state index is -0.898. The quantitative estimate of drug-likeness (QED) is 0.246. The molecule has 0 radical (unpaired) electrons. The van der Waals surface area contributed by atoms with Gasteiger partial charge in [-0.05, 0) is 92.2 Å². The number of hydrogen-bond acceptors (Lipinski definition) is 5. The highest BCUT2D eigenvalue weighted by Gasteiger charge is 2.22. The normalized spacial score (nSPS) is 18.9. The van der Waals surface area contributed by atoms with Crippen LogP contribution in [0.5, 0.6) is 0 Å². The lowest BCUT2D eigenvalue weighted by atomic mass is 9.98. The molecule has 4 rings (SSSR count). The highest BCUT2D eigenvalue weighted by atomic mass is 16.4. The Morgan fingerprint density at radius 3 is 1.77 bits per heavy atom. The van der Waals surface area contributed by atoms with Gasteiger partial charge in [0.1, 0.15) is 6.23 Å². The van der Waals surface area contributed by atoms with Crippen LogP contribution >= 0.6 is 0 Å². The molecule has 206 valence electrons. The van der Waals surface area contributed by atoms with Crippen molar-refractivity contribution in [3.63, 3.8) is 0 Å². The van der Waals surface area contributed by atoms with E-state index < -0.39 is 18.2 Å². The Balaban J connectivity index is 1.76. The average molecular weight is 535 g/mol. The molecule has 2 aliphatic rings. The molecule has 0 aromatic carbocycles. The van der Waals surface area contributed by atoms with E-state index >= 15 is 0 Å². The van der Waals surface area contributed by atoms with Crippen molar-refractivity contribution in [2.75, 3.05) is 0 Å². The number of H-pyrrole nitrogens is 2. The largest absolute Gasteiger partial charge is 0.481 e. The van der Waals surface area contributed by atoms with Gasteiger partial charge in [0.2, 0.25) is 5.91 Å². The van der Waals surface area contributed by atoms with E-state index in [-0.39, 0.29) is 18.7 Å². The van der Waals surface area contributed by atoms with E-state index in [2.05, 4.69) is 20.6 Å². The minimum Gasteiger partial charge on any atom is -0.481 e. The van der Waals surface area contributed by atoms with Crippen LogP contribution in [0.15, 0.2) is 34.7 Å². The SMILES string of the molecule is CC1=CC(=O)N/C1=C\c1[nH]c(Cc2[nH]c(/C=C3\NC(O)C=C3C)c(C)c2CCC(=O)O)c(CCC(=O)O)c1C. The van der Waals surface area contributed by atoms with E-state index in [1.807, 2.05) is 39.8 Å². The molecule has 4 heterocycles. The second-order valence-electron chi connectivity index (χ2n) is 10.1. The molecule has 0 aliphatic carbocycles. The Hall–Kier alpha value is -4.31. The molecule has 0 saturated heterocycles. The summed E-state index contributed by atoms with van der Waals surface area (Å²) >= 11 is 0. The fraction of sp³-hybridized carbons (Fsp3) is 0.345. The van der Waals surface area contributed by atoms with Gasteiger partial charge in [0, 0.05) is 59.5 Å². The number of rotatable bonds is 10. The van der Waals surface area contributed by atoms with E-state index in [4.69, 9.17) is 0 Å². The molecule has 1 atom stereocenters. The summed E-state index contributed by atoms with van der Waals surface area (Å²) in [5.74, 6) is -1.98. The van der Waals surface area contributed by atoms with E-state index in [0.717, 1.165) is 61.9 Å². The number of aromatic nitrogens is 2. The first kappa shape index (κ1) is 27.7. The first-order chi connectivity index (χ1) is 18.4. The second-order valence-corrected chi connectivity index (χ2v) is 10.1. The van der Waals surface area contributed by atoms with Gasteiger partial charge in [-0.3, -0.25) is 14.4 Å². The summed E-state index contributed by atoms with van der Waals surface area (Å²) in [7, 11) is 0. The van der Waals surface area contributed by atoms with Crippen LogP contribution in [0, 0.1) is 13.8 Å². The van der Waals surface area contributed by atoms with Crippen LogP contribution in [0.3, 0.4) is 0 Å². The minimum absolute atomic E-state index is 0.0319. The van der Waals surface area contributed by atoms with Gasteiger partial charge in [0.15, 0.2) is 0 Å². The molecule has 2 aromatic rings. The molecule has 10 heteroatoms. The van der Waals surface area contributed by atoms with Crippen molar-refractivity contribution in [3.05, 3.63) is 79.7 Å². The van der Waals surface area contributed by atoms with Gasteiger partial charge in [0.05, 0.1) is 0 Å². The molecule has 1 unspecified atom stereocenters. The molecule has 2 aliphatic heterocycles. The van der Waals surface area contributed by atoms with Gasteiger partial charge >= 0.3 is 11.9 Å². The smallest absolute Gasteiger partial charge is 0.303 e. The zero-order chi connectivity index (χ0) is 28.4. The number of carbonyl (C=O) groups is 3. The Labute approximate surface area is 226 Å². The highest BCUT2D eigenvalue weighted by molar-refractivity contribution is 5.96. The van der Waals surface area contributed by atoms with Crippen LogP contribution in [0.2, 0.25) is 0 Å². The Morgan fingerprint density at radius 2 is 1.36 bits per heavy atom. The van der Waals surface area contributed by atoms with Crippen LogP contribution in [0.25, 0.3) is 12.2 Å². The van der Waals surface area contributed by atoms with Gasteiger partial charge in [-0.15, -0.1) is 0 Å². The molecule has 2 aromatic heterocycles. The molecule has 7 N–H and O–H groups in total. The number of aliphatic carboxylic acids is 2. The number of allylic oxidation sites excluding steroid dienone is 2. The molecule has 0 saturated carbocycles. The Morgan fingerprint density at radius 1 is 0.846 bits per heavy atom. The summed E-state index contributed by atoms with van der Waals surface area (Å²) in [5.41, 5.74) is 10.0. The molecule has 0 spiro atoms. The fourth-order valence-corrected chi connectivity index (χ4v) is 5.13. The van der Waals surface area contributed by atoms with Crippen molar-refractivity contribution < 1.29 is 29.7 Å². The van der Waals surface area contributed by atoms with Crippen molar-refractivity contribution in [1.82, 2.24) is 20.6 Å². The maximum atomic E-state index is 11.8. The fourth-order valence-electron chi connectivity index (χ4n) is 5.13. The highest BCUT2D eigenvalue weighted by Crippen LogP contribution is 2.30. The monoisotopic (exact) mass is 534 g/mol. The van der Waals surface area contributed by atoms with Crippen LogP contribution in [-0.2, 0) is 33.6 Å². The first-order valence-electron chi connectivity index (χ1n) is 12.8. The standard InChI is InChI=1S/C29H34N4O6/c1-14-9-26(34)32-20(14)11-22-16(3)18(5-7-28(36)37)24(30-22)13-25-19(6-8-29(38)39)17(4)23(31-25)12-21-15(2)10-27(35)33-21/h9-12,26,30-32,34H,5-8,13H2,1-4H3,(H,33,35)(H,36,37)(H,38,39)/b20-11-,21-12-. The maximum Gasteiger partial charge on any atom is 0.303 e. The molecule has 39 heavy (non-hydrogen) atoms. The summed E-state index contributed by atoms with van der Waals surface area (Å²) in [6, 6.07) is 0. The lowest BCUT2D eigenvalue weighted by molar-refractivity contribution is -0.138. The number of nitrogens with one attached hydrogen (secondary N) is 4. The van der Waals surface area contributed by atoms with E-state index in [0.29, 0.717) is 25.0 Å². The number of carbonyl (C=O) groups excluding carboxylic acids is 1. The zero-order valence-corrected chi connectivity index (χ0v) is 22.5. The van der Waals surface area contributed by atoms with Crippen LogP contribution in [0.1, 0.15) is 71.7 Å². The summed E-state index contributed by atoms with van der Waals surface area (Å²) in [6.45, 7) is 7.60. The van der Waals surface area contributed by atoms with Gasteiger partial charge < -0.3 is 35.9 Å². The van der Waals surface area contributed by atoms with Crippen molar-refractivity contribution in [2.24, 2.45) is 0 Å². The maximum absolute atomic E-state index is 11.8. The van der Waals surface area contributed by atoms with Crippen LogP contribution in [-0.4, -0.2) is 49.4 Å². The van der Waals surface area contributed by atoms with Crippen molar-refractivity contribution in [1.29, 1.82) is 0 Å². The number of aliphatic hydroxyl groups excluding tert-OH is 1. The van der Waals surface area contributed by atoms with E-state index in [1.165, 1.54) is 6.08 Å². The lowest BCUT2D eigenvalue weighted by Gasteiger charge is -2.07. The molecule has 0 fully saturated rings. The lowest BCUT2D eigenvalue weighted by Crippen LogP contribution is -2.19.